The molecule has 168 valence electrons. The monoisotopic (exact) mass is 456 g/mol. The number of anilines is 2. The second-order valence-corrected chi connectivity index (χ2v) is 8.75. The summed E-state index contributed by atoms with van der Waals surface area (Å²) in [6.07, 6.45) is 0. The van der Waals surface area contributed by atoms with Crippen LogP contribution in [-0.2, 0) is 4.74 Å². The SMILES string of the molecule is CCOC(=O)c1sc2nc(C)nc(N3CCN(c4ccc(C(C)=O)cc4F)CC3)c2c1C. The molecule has 2 aromatic heterocycles. The van der Waals surface area contributed by atoms with Crippen LogP contribution in [0.15, 0.2) is 18.2 Å². The first-order valence-electron chi connectivity index (χ1n) is 10.5. The molecule has 0 aliphatic carbocycles. The highest BCUT2D eigenvalue weighted by molar-refractivity contribution is 7.20. The Morgan fingerprint density at radius 3 is 2.44 bits per heavy atom. The highest BCUT2D eigenvalue weighted by atomic mass is 32.1. The fraction of sp³-hybridized carbons (Fsp3) is 0.391. The zero-order valence-corrected chi connectivity index (χ0v) is 19.4. The van der Waals surface area contributed by atoms with Crippen LogP contribution < -0.4 is 9.80 Å². The number of carbonyl (C=O) groups is 2. The van der Waals surface area contributed by atoms with Crippen LogP contribution in [-0.4, -0.2) is 54.5 Å². The Kier molecular flexibility index (Phi) is 6.10. The maximum absolute atomic E-state index is 14.6. The van der Waals surface area contributed by atoms with Crippen molar-refractivity contribution in [1.29, 1.82) is 0 Å². The molecule has 1 aliphatic heterocycles. The lowest BCUT2D eigenvalue weighted by Crippen LogP contribution is -2.47. The molecule has 9 heteroatoms. The van der Waals surface area contributed by atoms with Crippen LogP contribution in [0.1, 0.15) is 45.3 Å². The number of carbonyl (C=O) groups excluding carboxylic acids is 2. The maximum atomic E-state index is 14.6. The quantitative estimate of drug-likeness (QED) is 0.422. The van der Waals surface area contributed by atoms with Gasteiger partial charge in [-0.1, -0.05) is 0 Å². The topological polar surface area (TPSA) is 75.6 Å². The molecule has 0 spiro atoms. The third-order valence-electron chi connectivity index (χ3n) is 5.62. The van der Waals surface area contributed by atoms with E-state index in [0.29, 0.717) is 54.7 Å². The number of thiophene rings is 1. The molecule has 0 amide bonds. The lowest BCUT2D eigenvalue weighted by molar-refractivity contribution is 0.0531. The summed E-state index contributed by atoms with van der Waals surface area (Å²) >= 11 is 1.33. The Balaban J connectivity index is 1.60. The van der Waals surface area contributed by atoms with Gasteiger partial charge in [-0.05, 0) is 51.5 Å². The van der Waals surface area contributed by atoms with E-state index in [9.17, 15) is 14.0 Å². The van der Waals surface area contributed by atoms with Crippen LogP contribution in [0.2, 0.25) is 0 Å². The third kappa shape index (κ3) is 4.04. The van der Waals surface area contributed by atoms with Gasteiger partial charge in [0.25, 0.3) is 0 Å². The van der Waals surface area contributed by atoms with Crippen molar-refractivity contribution in [3.05, 3.63) is 45.8 Å². The molecule has 1 aromatic carbocycles. The summed E-state index contributed by atoms with van der Waals surface area (Å²) < 4.78 is 19.8. The number of aryl methyl sites for hydroxylation is 2. The first-order chi connectivity index (χ1) is 15.3. The number of rotatable bonds is 5. The Bertz CT molecular complexity index is 1200. The molecule has 0 unspecified atom stereocenters. The standard InChI is InChI=1S/C23H25FN4O3S/c1-5-31-23(30)20-13(2)19-21(25-15(4)26-22(19)32-20)28-10-8-27(9-11-28)18-7-6-16(14(3)29)12-17(18)24/h6-7,12H,5,8-11H2,1-4H3. The number of halogens is 1. The predicted octanol–water partition coefficient (Wildman–Crippen LogP) is 4.15. The van der Waals surface area contributed by atoms with Gasteiger partial charge in [-0.2, -0.15) is 0 Å². The number of hydrogen-bond donors (Lipinski definition) is 0. The number of nitrogens with zero attached hydrogens (tertiary/aromatic N) is 4. The van der Waals surface area contributed by atoms with Gasteiger partial charge in [-0.3, -0.25) is 4.79 Å². The molecular weight excluding hydrogens is 431 g/mol. The van der Waals surface area contributed by atoms with Crippen molar-refractivity contribution in [3.8, 4) is 0 Å². The van der Waals surface area contributed by atoms with E-state index in [2.05, 4.69) is 9.88 Å². The molecule has 3 heterocycles. The van der Waals surface area contributed by atoms with Gasteiger partial charge in [0.05, 0.1) is 17.7 Å². The fourth-order valence-electron chi connectivity index (χ4n) is 3.98. The number of piperazine rings is 1. The molecule has 0 radical (unpaired) electrons. The summed E-state index contributed by atoms with van der Waals surface area (Å²) in [7, 11) is 0. The number of fused-ring (bicyclic) bond motifs is 1. The summed E-state index contributed by atoms with van der Waals surface area (Å²) in [6.45, 7) is 9.76. The normalized spacial score (nSPS) is 14.2. The smallest absolute Gasteiger partial charge is 0.348 e. The molecular formula is C23H25FN4O3S. The Hall–Kier alpha value is -3.07. The number of esters is 1. The fourth-order valence-corrected chi connectivity index (χ4v) is 5.10. The van der Waals surface area contributed by atoms with Gasteiger partial charge >= 0.3 is 5.97 Å². The van der Waals surface area contributed by atoms with Gasteiger partial charge in [-0.15, -0.1) is 11.3 Å². The second-order valence-electron chi connectivity index (χ2n) is 7.75. The number of Topliss-reactive ketones (excluding diaryl/α,β-unsaturated/α-hetero) is 1. The van der Waals surface area contributed by atoms with Gasteiger partial charge in [0, 0.05) is 31.7 Å². The van der Waals surface area contributed by atoms with E-state index in [1.807, 2.05) is 18.7 Å². The van der Waals surface area contributed by atoms with Crippen molar-refractivity contribution in [1.82, 2.24) is 9.97 Å². The minimum Gasteiger partial charge on any atom is -0.462 e. The van der Waals surface area contributed by atoms with E-state index in [-0.39, 0.29) is 17.6 Å². The van der Waals surface area contributed by atoms with E-state index in [1.165, 1.54) is 24.3 Å². The number of ether oxygens (including phenoxy) is 1. The van der Waals surface area contributed by atoms with E-state index in [4.69, 9.17) is 9.72 Å². The molecule has 1 fully saturated rings. The Morgan fingerprint density at radius 2 is 1.81 bits per heavy atom. The second kappa shape index (κ2) is 8.82. The summed E-state index contributed by atoms with van der Waals surface area (Å²) in [5.41, 5.74) is 1.69. The molecule has 0 saturated carbocycles. The van der Waals surface area contributed by atoms with Crippen LogP contribution in [0.25, 0.3) is 10.2 Å². The molecule has 4 rings (SSSR count). The molecule has 1 saturated heterocycles. The van der Waals surface area contributed by atoms with Crippen LogP contribution in [0.5, 0.6) is 0 Å². The Labute approximate surface area is 189 Å². The predicted molar refractivity (Wildman–Crippen MR) is 124 cm³/mol. The summed E-state index contributed by atoms with van der Waals surface area (Å²) in [6, 6.07) is 4.63. The number of benzene rings is 1. The van der Waals surface area contributed by atoms with Gasteiger partial charge in [0.1, 0.15) is 27.2 Å². The Morgan fingerprint density at radius 1 is 1.12 bits per heavy atom. The van der Waals surface area contributed by atoms with Gasteiger partial charge < -0.3 is 14.5 Å². The molecule has 0 N–H and O–H groups in total. The first kappa shape index (κ1) is 22.1. The molecule has 0 bridgehead atoms. The van der Waals surface area contributed by atoms with E-state index < -0.39 is 0 Å². The highest BCUT2D eigenvalue weighted by Crippen LogP contribution is 2.36. The van der Waals surface area contributed by atoms with Gasteiger partial charge in [0.15, 0.2) is 5.78 Å². The molecule has 7 nitrogen and oxygen atoms in total. The highest BCUT2D eigenvalue weighted by Gasteiger charge is 2.26. The molecule has 0 atom stereocenters. The van der Waals surface area contributed by atoms with Crippen molar-refractivity contribution in [2.24, 2.45) is 0 Å². The lowest BCUT2D eigenvalue weighted by atomic mass is 10.1. The third-order valence-corrected chi connectivity index (χ3v) is 6.78. The van der Waals surface area contributed by atoms with Crippen LogP contribution in [0, 0.1) is 19.7 Å². The van der Waals surface area contributed by atoms with Crippen LogP contribution in [0.4, 0.5) is 15.9 Å². The summed E-state index contributed by atoms with van der Waals surface area (Å²) in [5, 5.41) is 0.870. The van der Waals surface area contributed by atoms with Crippen LogP contribution in [0.3, 0.4) is 0 Å². The average molecular weight is 457 g/mol. The van der Waals surface area contributed by atoms with Gasteiger partial charge in [0.2, 0.25) is 0 Å². The summed E-state index contributed by atoms with van der Waals surface area (Å²) in [4.78, 5) is 38.5. The van der Waals surface area contributed by atoms with Crippen molar-refractivity contribution < 1.29 is 18.7 Å². The van der Waals surface area contributed by atoms with Crippen molar-refractivity contribution in [2.45, 2.75) is 27.7 Å². The molecule has 32 heavy (non-hydrogen) atoms. The zero-order valence-electron chi connectivity index (χ0n) is 18.6. The zero-order chi connectivity index (χ0) is 23.0. The molecule has 1 aliphatic rings. The number of ketones is 1. The lowest BCUT2D eigenvalue weighted by Gasteiger charge is -2.37. The van der Waals surface area contributed by atoms with E-state index in [1.54, 1.807) is 19.1 Å². The molecule has 3 aromatic rings. The van der Waals surface area contributed by atoms with Crippen LogP contribution >= 0.6 is 11.3 Å². The number of hydrogen-bond acceptors (Lipinski definition) is 8. The van der Waals surface area contributed by atoms with E-state index in [0.717, 1.165) is 21.6 Å². The van der Waals surface area contributed by atoms with Gasteiger partial charge in [-0.25, -0.2) is 19.2 Å². The van der Waals surface area contributed by atoms with E-state index >= 15 is 0 Å². The minimum atomic E-state index is -0.390. The largest absolute Gasteiger partial charge is 0.462 e. The van der Waals surface area contributed by atoms with Crippen molar-refractivity contribution in [3.63, 3.8) is 0 Å². The maximum Gasteiger partial charge on any atom is 0.348 e. The van der Waals surface area contributed by atoms with Crippen molar-refractivity contribution >= 4 is 44.8 Å². The summed E-state index contributed by atoms with van der Waals surface area (Å²) in [5.74, 6) is 0.545. The average Bonchev–Trinajstić information content (AvgIpc) is 3.09. The minimum absolute atomic E-state index is 0.156. The number of aromatic nitrogens is 2. The first-order valence-corrected chi connectivity index (χ1v) is 11.4. The van der Waals surface area contributed by atoms with Crippen molar-refractivity contribution in [2.75, 3.05) is 42.6 Å².